The average molecular weight is 303 g/mol. The summed E-state index contributed by atoms with van der Waals surface area (Å²) in [5.41, 5.74) is 0. The lowest BCUT2D eigenvalue weighted by atomic mass is 10.00. The quantitative estimate of drug-likeness (QED) is 0.832. The second-order valence-corrected chi connectivity index (χ2v) is 8.38. The predicted molar refractivity (Wildman–Crippen MR) is 81.7 cm³/mol. The Morgan fingerprint density at radius 2 is 1.90 bits per heavy atom. The van der Waals surface area contributed by atoms with Crippen LogP contribution < -0.4 is 5.32 Å². The van der Waals surface area contributed by atoms with E-state index in [2.05, 4.69) is 19.2 Å². The van der Waals surface area contributed by atoms with Gasteiger partial charge in [0, 0.05) is 25.7 Å². The van der Waals surface area contributed by atoms with E-state index in [0.717, 1.165) is 32.2 Å². The summed E-state index contributed by atoms with van der Waals surface area (Å²) in [5.74, 6) is 0.841. The van der Waals surface area contributed by atoms with Crippen molar-refractivity contribution in [1.29, 1.82) is 0 Å². The molecule has 2 fully saturated rings. The van der Waals surface area contributed by atoms with Gasteiger partial charge in [0.25, 0.3) is 10.2 Å². The molecular formula is C14H29N3O2S. The van der Waals surface area contributed by atoms with Crippen LogP contribution in [0.2, 0.25) is 0 Å². The molecule has 2 aliphatic heterocycles. The number of hydrogen-bond acceptors (Lipinski definition) is 3. The molecule has 20 heavy (non-hydrogen) atoms. The highest BCUT2D eigenvalue weighted by Gasteiger charge is 2.40. The average Bonchev–Trinajstić information content (AvgIpc) is 2.89. The second-order valence-electron chi connectivity index (χ2n) is 6.50. The third-order valence-electron chi connectivity index (χ3n) is 4.62. The number of hydrogen-bond donors (Lipinski definition) is 1. The number of nitrogens with zero attached hydrogens (tertiary/aromatic N) is 2. The van der Waals surface area contributed by atoms with E-state index in [1.54, 1.807) is 8.61 Å². The van der Waals surface area contributed by atoms with Crippen molar-refractivity contribution in [3.63, 3.8) is 0 Å². The third kappa shape index (κ3) is 3.35. The molecule has 0 aromatic rings. The van der Waals surface area contributed by atoms with E-state index < -0.39 is 10.2 Å². The van der Waals surface area contributed by atoms with Crippen LogP contribution in [0.4, 0.5) is 0 Å². The minimum Gasteiger partial charge on any atom is -0.319 e. The van der Waals surface area contributed by atoms with E-state index in [-0.39, 0.29) is 6.04 Å². The summed E-state index contributed by atoms with van der Waals surface area (Å²) in [6.45, 7) is 7.20. The van der Waals surface area contributed by atoms with Gasteiger partial charge in [0.05, 0.1) is 0 Å². The Balaban J connectivity index is 2.09. The van der Waals surface area contributed by atoms with E-state index in [4.69, 9.17) is 0 Å². The molecule has 0 radical (unpaired) electrons. The van der Waals surface area contributed by atoms with Crippen molar-refractivity contribution < 1.29 is 8.42 Å². The molecule has 118 valence electrons. The van der Waals surface area contributed by atoms with Crippen molar-refractivity contribution in [2.24, 2.45) is 11.8 Å². The molecule has 0 saturated carbocycles. The molecule has 2 saturated heterocycles. The molecule has 1 N–H and O–H groups in total. The van der Waals surface area contributed by atoms with Gasteiger partial charge >= 0.3 is 0 Å². The SMILES string of the molecule is CNCC1CCCN(S(=O)(=O)N2CCCC2C(C)C)C1. The van der Waals surface area contributed by atoms with Crippen LogP contribution in [0.1, 0.15) is 39.5 Å². The van der Waals surface area contributed by atoms with Gasteiger partial charge < -0.3 is 5.32 Å². The zero-order chi connectivity index (χ0) is 14.8. The van der Waals surface area contributed by atoms with Crippen LogP contribution in [0.5, 0.6) is 0 Å². The lowest BCUT2D eigenvalue weighted by Gasteiger charge is -2.37. The molecule has 0 aromatic heterocycles. The summed E-state index contributed by atoms with van der Waals surface area (Å²) in [4.78, 5) is 0. The van der Waals surface area contributed by atoms with Crippen LogP contribution in [-0.4, -0.2) is 56.3 Å². The number of piperidine rings is 1. The Bertz CT molecular complexity index is 409. The summed E-state index contributed by atoms with van der Waals surface area (Å²) in [5, 5.41) is 3.17. The molecule has 0 aromatic carbocycles. The molecule has 6 heteroatoms. The van der Waals surface area contributed by atoms with Gasteiger partial charge in [-0.15, -0.1) is 0 Å². The minimum atomic E-state index is -3.27. The first-order chi connectivity index (χ1) is 9.46. The molecular weight excluding hydrogens is 274 g/mol. The normalized spacial score (nSPS) is 30.2. The van der Waals surface area contributed by atoms with Crippen molar-refractivity contribution in [1.82, 2.24) is 13.9 Å². The summed E-state index contributed by atoms with van der Waals surface area (Å²) >= 11 is 0. The highest BCUT2D eigenvalue weighted by molar-refractivity contribution is 7.86. The van der Waals surface area contributed by atoms with Gasteiger partial charge in [-0.3, -0.25) is 0 Å². The lowest BCUT2D eigenvalue weighted by molar-refractivity contribution is 0.230. The van der Waals surface area contributed by atoms with E-state index >= 15 is 0 Å². The van der Waals surface area contributed by atoms with Crippen molar-refractivity contribution >= 4 is 10.2 Å². The maximum Gasteiger partial charge on any atom is 0.282 e. The van der Waals surface area contributed by atoms with E-state index in [0.29, 0.717) is 31.5 Å². The zero-order valence-corrected chi connectivity index (χ0v) is 13.8. The zero-order valence-electron chi connectivity index (χ0n) is 13.0. The fourth-order valence-electron chi connectivity index (χ4n) is 3.56. The fraction of sp³-hybridized carbons (Fsp3) is 1.00. The molecule has 2 atom stereocenters. The smallest absolute Gasteiger partial charge is 0.282 e. The van der Waals surface area contributed by atoms with E-state index in [1.165, 1.54) is 0 Å². The third-order valence-corrected chi connectivity index (χ3v) is 6.65. The van der Waals surface area contributed by atoms with Crippen molar-refractivity contribution in [3.05, 3.63) is 0 Å². The van der Waals surface area contributed by atoms with Crippen LogP contribution in [0, 0.1) is 11.8 Å². The number of rotatable bonds is 5. The van der Waals surface area contributed by atoms with Crippen LogP contribution in [-0.2, 0) is 10.2 Å². The Morgan fingerprint density at radius 3 is 2.55 bits per heavy atom. The Labute approximate surface area is 123 Å². The monoisotopic (exact) mass is 303 g/mol. The minimum absolute atomic E-state index is 0.185. The second kappa shape index (κ2) is 6.73. The molecule has 0 spiro atoms. The van der Waals surface area contributed by atoms with Crippen LogP contribution in [0.25, 0.3) is 0 Å². The topological polar surface area (TPSA) is 52.7 Å². The first-order valence-electron chi connectivity index (χ1n) is 7.88. The van der Waals surface area contributed by atoms with Gasteiger partial charge in [-0.1, -0.05) is 13.8 Å². The highest BCUT2D eigenvalue weighted by Crippen LogP contribution is 2.30. The summed E-state index contributed by atoms with van der Waals surface area (Å²) in [7, 11) is -1.34. The van der Waals surface area contributed by atoms with E-state index in [1.807, 2.05) is 7.05 Å². The molecule has 0 aliphatic carbocycles. The molecule has 2 rings (SSSR count). The number of nitrogens with one attached hydrogen (secondary N) is 1. The van der Waals surface area contributed by atoms with Crippen molar-refractivity contribution in [2.75, 3.05) is 33.2 Å². The summed E-state index contributed by atoms with van der Waals surface area (Å²) in [6.07, 6.45) is 4.10. The van der Waals surface area contributed by atoms with Gasteiger partial charge in [-0.05, 0) is 51.1 Å². The van der Waals surface area contributed by atoms with Gasteiger partial charge in [-0.25, -0.2) is 0 Å². The Hall–Kier alpha value is -0.170. The standard InChI is InChI=1S/C14H29N3O2S/c1-12(2)14-7-5-9-17(14)20(18,19)16-8-4-6-13(11-16)10-15-3/h12-15H,4-11H2,1-3H3. The van der Waals surface area contributed by atoms with Gasteiger partial charge in [-0.2, -0.15) is 17.0 Å². The molecule has 2 unspecified atom stereocenters. The first kappa shape index (κ1) is 16.2. The Kier molecular flexibility index (Phi) is 5.45. The molecule has 0 bridgehead atoms. The van der Waals surface area contributed by atoms with E-state index in [9.17, 15) is 8.42 Å². The van der Waals surface area contributed by atoms with Crippen molar-refractivity contribution in [3.8, 4) is 0 Å². The molecule has 2 heterocycles. The fourth-order valence-corrected chi connectivity index (χ4v) is 5.66. The maximum absolute atomic E-state index is 12.9. The lowest BCUT2D eigenvalue weighted by Crippen LogP contribution is -2.51. The molecule has 0 amide bonds. The summed E-state index contributed by atoms with van der Waals surface area (Å²) < 4.78 is 29.3. The Morgan fingerprint density at radius 1 is 1.20 bits per heavy atom. The van der Waals surface area contributed by atoms with Crippen LogP contribution in [0.15, 0.2) is 0 Å². The van der Waals surface area contributed by atoms with Crippen LogP contribution in [0.3, 0.4) is 0 Å². The van der Waals surface area contributed by atoms with Crippen LogP contribution >= 0.6 is 0 Å². The van der Waals surface area contributed by atoms with Crippen molar-refractivity contribution in [2.45, 2.75) is 45.6 Å². The molecule has 2 aliphatic rings. The van der Waals surface area contributed by atoms with Gasteiger partial charge in [0.15, 0.2) is 0 Å². The molecule has 5 nitrogen and oxygen atoms in total. The highest BCUT2D eigenvalue weighted by atomic mass is 32.2. The largest absolute Gasteiger partial charge is 0.319 e. The predicted octanol–water partition coefficient (Wildman–Crippen LogP) is 1.28. The van der Waals surface area contributed by atoms with Gasteiger partial charge in [0.1, 0.15) is 0 Å². The first-order valence-corrected chi connectivity index (χ1v) is 9.28. The maximum atomic E-state index is 12.9. The van der Waals surface area contributed by atoms with Gasteiger partial charge in [0.2, 0.25) is 0 Å². The summed E-state index contributed by atoms with van der Waals surface area (Å²) in [6, 6.07) is 0.185.